The van der Waals surface area contributed by atoms with Gasteiger partial charge in [0.15, 0.2) is 5.60 Å². The molecule has 1 aliphatic heterocycles. The Morgan fingerprint density at radius 3 is 2.62 bits per heavy atom. The second kappa shape index (κ2) is 9.65. The molecular weight excluding hydrogens is 366 g/mol. The maximum Gasteiger partial charge on any atom is 0.254 e. The molecule has 154 valence electrons. The lowest BCUT2D eigenvalue weighted by molar-refractivity contribution is -0.166. The number of nitrogens with zero attached hydrogens (tertiary/aromatic N) is 2. The molecule has 6 nitrogen and oxygen atoms in total. The normalized spacial score (nSPS) is 19.2. The molecule has 0 aliphatic carbocycles. The van der Waals surface area contributed by atoms with Crippen molar-refractivity contribution in [1.82, 2.24) is 15.2 Å². The van der Waals surface area contributed by atoms with Gasteiger partial charge in [0.1, 0.15) is 0 Å². The molecule has 2 amide bonds. The Labute approximate surface area is 172 Å². The Morgan fingerprint density at radius 1 is 1.17 bits per heavy atom. The minimum Gasteiger partial charge on any atom is -0.361 e. The SMILES string of the molecule is CC(C)CC(=O)N1CCO[C@@](Cc2ccccn2)(C(=O)NCc2ccccc2)C1. The third kappa shape index (κ3) is 5.64. The van der Waals surface area contributed by atoms with Crippen LogP contribution in [0.3, 0.4) is 0 Å². The Hall–Kier alpha value is -2.73. The van der Waals surface area contributed by atoms with Crippen molar-refractivity contribution in [3.05, 3.63) is 66.0 Å². The van der Waals surface area contributed by atoms with Crippen LogP contribution in [0.2, 0.25) is 0 Å². The molecule has 1 fully saturated rings. The van der Waals surface area contributed by atoms with E-state index in [1.54, 1.807) is 11.1 Å². The fourth-order valence-electron chi connectivity index (χ4n) is 3.53. The van der Waals surface area contributed by atoms with Gasteiger partial charge in [0, 0.05) is 37.8 Å². The number of carbonyl (C=O) groups excluding carboxylic acids is 2. The number of benzene rings is 1. The van der Waals surface area contributed by atoms with Crippen LogP contribution < -0.4 is 5.32 Å². The molecule has 1 saturated heterocycles. The van der Waals surface area contributed by atoms with Gasteiger partial charge in [-0.25, -0.2) is 0 Å². The van der Waals surface area contributed by atoms with E-state index in [4.69, 9.17) is 4.74 Å². The lowest BCUT2D eigenvalue weighted by Gasteiger charge is -2.41. The number of amides is 2. The largest absolute Gasteiger partial charge is 0.361 e. The van der Waals surface area contributed by atoms with Crippen LogP contribution in [0.25, 0.3) is 0 Å². The molecule has 1 N–H and O–H groups in total. The second-order valence-corrected chi connectivity index (χ2v) is 7.92. The van der Waals surface area contributed by atoms with Crippen LogP contribution in [-0.2, 0) is 27.3 Å². The predicted molar refractivity (Wildman–Crippen MR) is 111 cm³/mol. The van der Waals surface area contributed by atoms with Crippen molar-refractivity contribution in [3.63, 3.8) is 0 Å². The number of rotatable bonds is 7. The maximum atomic E-state index is 13.3. The van der Waals surface area contributed by atoms with E-state index in [0.717, 1.165) is 11.3 Å². The molecule has 0 bridgehead atoms. The molecule has 1 atom stereocenters. The molecule has 0 unspecified atom stereocenters. The number of nitrogens with one attached hydrogen (secondary N) is 1. The molecule has 1 aromatic carbocycles. The van der Waals surface area contributed by atoms with Crippen LogP contribution >= 0.6 is 0 Å². The predicted octanol–water partition coefficient (Wildman–Crippen LogP) is 2.58. The quantitative estimate of drug-likeness (QED) is 0.782. The van der Waals surface area contributed by atoms with Gasteiger partial charge in [0.05, 0.1) is 13.2 Å². The van der Waals surface area contributed by atoms with E-state index in [9.17, 15) is 9.59 Å². The molecule has 3 rings (SSSR count). The van der Waals surface area contributed by atoms with Crippen LogP contribution in [-0.4, -0.2) is 47.0 Å². The second-order valence-electron chi connectivity index (χ2n) is 7.92. The molecule has 29 heavy (non-hydrogen) atoms. The number of ether oxygens (including phenoxy) is 1. The van der Waals surface area contributed by atoms with Gasteiger partial charge in [-0.2, -0.15) is 0 Å². The zero-order valence-electron chi connectivity index (χ0n) is 17.1. The molecule has 6 heteroatoms. The third-order valence-electron chi connectivity index (χ3n) is 5.02. The Morgan fingerprint density at radius 2 is 1.93 bits per heavy atom. The Balaban J connectivity index is 1.79. The lowest BCUT2D eigenvalue weighted by Crippen LogP contribution is -2.62. The molecule has 0 radical (unpaired) electrons. The average molecular weight is 396 g/mol. The summed E-state index contributed by atoms with van der Waals surface area (Å²) in [6, 6.07) is 15.4. The monoisotopic (exact) mass is 395 g/mol. The highest BCUT2D eigenvalue weighted by Gasteiger charge is 2.45. The summed E-state index contributed by atoms with van der Waals surface area (Å²) in [5.41, 5.74) is 0.631. The van der Waals surface area contributed by atoms with Gasteiger partial charge in [-0.1, -0.05) is 50.2 Å². The summed E-state index contributed by atoms with van der Waals surface area (Å²) in [4.78, 5) is 32.1. The average Bonchev–Trinajstić information content (AvgIpc) is 2.73. The first-order chi connectivity index (χ1) is 14.0. The zero-order valence-corrected chi connectivity index (χ0v) is 17.1. The van der Waals surface area contributed by atoms with Crippen LogP contribution in [0, 0.1) is 5.92 Å². The Bertz CT molecular complexity index is 811. The Kier molecular flexibility index (Phi) is 6.99. The summed E-state index contributed by atoms with van der Waals surface area (Å²) in [5, 5.41) is 3.00. The van der Waals surface area contributed by atoms with Crippen molar-refractivity contribution in [2.75, 3.05) is 19.7 Å². The maximum absolute atomic E-state index is 13.3. The van der Waals surface area contributed by atoms with Gasteiger partial charge in [0.25, 0.3) is 5.91 Å². The highest BCUT2D eigenvalue weighted by molar-refractivity contribution is 5.87. The van der Waals surface area contributed by atoms with E-state index >= 15 is 0 Å². The summed E-state index contributed by atoms with van der Waals surface area (Å²) in [7, 11) is 0. The topological polar surface area (TPSA) is 71.5 Å². The van der Waals surface area contributed by atoms with Crippen molar-refractivity contribution in [2.24, 2.45) is 5.92 Å². The highest BCUT2D eigenvalue weighted by Crippen LogP contribution is 2.24. The van der Waals surface area contributed by atoms with Crippen LogP contribution in [0.5, 0.6) is 0 Å². The van der Waals surface area contributed by atoms with Crippen molar-refractivity contribution in [1.29, 1.82) is 0 Å². The first-order valence-electron chi connectivity index (χ1n) is 10.1. The zero-order chi connectivity index (χ0) is 20.7. The molecule has 2 aromatic rings. The summed E-state index contributed by atoms with van der Waals surface area (Å²) in [5.74, 6) is 0.112. The summed E-state index contributed by atoms with van der Waals surface area (Å²) in [6.45, 7) is 5.51. The number of aromatic nitrogens is 1. The van der Waals surface area contributed by atoms with Crippen LogP contribution in [0.4, 0.5) is 0 Å². The van der Waals surface area contributed by atoms with Gasteiger partial charge < -0.3 is 15.0 Å². The fraction of sp³-hybridized carbons (Fsp3) is 0.435. The molecule has 0 saturated carbocycles. The van der Waals surface area contributed by atoms with E-state index in [0.29, 0.717) is 32.5 Å². The number of hydrogen-bond donors (Lipinski definition) is 1. The van der Waals surface area contributed by atoms with Gasteiger partial charge in [-0.3, -0.25) is 14.6 Å². The van der Waals surface area contributed by atoms with E-state index in [-0.39, 0.29) is 24.3 Å². The standard InChI is InChI=1S/C23H29N3O3/c1-18(2)14-21(27)26-12-13-29-23(17-26,15-20-10-6-7-11-24-20)22(28)25-16-19-8-4-3-5-9-19/h3-11,18H,12-17H2,1-2H3,(H,25,28)/t23-/m1/s1. The van der Waals surface area contributed by atoms with E-state index in [1.165, 1.54) is 0 Å². The smallest absolute Gasteiger partial charge is 0.254 e. The fourth-order valence-corrected chi connectivity index (χ4v) is 3.53. The number of hydrogen-bond acceptors (Lipinski definition) is 4. The van der Waals surface area contributed by atoms with Gasteiger partial charge >= 0.3 is 0 Å². The van der Waals surface area contributed by atoms with Crippen molar-refractivity contribution in [2.45, 2.75) is 38.8 Å². The lowest BCUT2D eigenvalue weighted by atomic mass is 9.92. The number of carbonyl (C=O) groups is 2. The summed E-state index contributed by atoms with van der Waals surface area (Å²) in [6.07, 6.45) is 2.49. The van der Waals surface area contributed by atoms with Gasteiger partial charge in [-0.05, 0) is 23.6 Å². The van der Waals surface area contributed by atoms with Crippen molar-refractivity contribution >= 4 is 11.8 Å². The molecule has 1 aromatic heterocycles. The van der Waals surface area contributed by atoms with Gasteiger partial charge in [-0.15, -0.1) is 0 Å². The summed E-state index contributed by atoms with van der Waals surface area (Å²) >= 11 is 0. The first kappa shape index (κ1) is 21.0. The molecule has 2 heterocycles. The molecule has 0 spiro atoms. The van der Waals surface area contributed by atoms with Crippen LogP contribution in [0.15, 0.2) is 54.7 Å². The van der Waals surface area contributed by atoms with Crippen LogP contribution in [0.1, 0.15) is 31.5 Å². The molecular formula is C23H29N3O3. The van der Waals surface area contributed by atoms with Gasteiger partial charge in [0.2, 0.25) is 5.91 Å². The highest BCUT2D eigenvalue weighted by atomic mass is 16.5. The first-order valence-corrected chi connectivity index (χ1v) is 10.1. The van der Waals surface area contributed by atoms with Crippen molar-refractivity contribution in [3.8, 4) is 0 Å². The third-order valence-corrected chi connectivity index (χ3v) is 5.02. The summed E-state index contributed by atoms with van der Waals surface area (Å²) < 4.78 is 6.06. The van der Waals surface area contributed by atoms with E-state index in [1.807, 2.05) is 62.4 Å². The number of pyridine rings is 1. The molecule has 1 aliphatic rings. The van der Waals surface area contributed by atoms with E-state index in [2.05, 4.69) is 10.3 Å². The minimum atomic E-state index is -1.14. The van der Waals surface area contributed by atoms with Crippen molar-refractivity contribution < 1.29 is 14.3 Å². The van der Waals surface area contributed by atoms with E-state index < -0.39 is 5.60 Å². The minimum absolute atomic E-state index is 0.0598. The number of morpholine rings is 1.